The van der Waals surface area contributed by atoms with E-state index in [1.807, 2.05) is 24.3 Å². The van der Waals surface area contributed by atoms with Gasteiger partial charge in [-0.15, -0.1) is 0 Å². The highest BCUT2D eigenvalue weighted by Gasteiger charge is 2.03. The van der Waals surface area contributed by atoms with Crippen LogP contribution >= 0.6 is 0 Å². The number of hydrogen-bond acceptors (Lipinski definition) is 3. The highest BCUT2D eigenvalue weighted by Crippen LogP contribution is 2.14. The molecule has 0 unspecified atom stereocenters. The summed E-state index contributed by atoms with van der Waals surface area (Å²) in [6, 6.07) is 7.48. The number of likely N-dealkylation sites (N-methyl/N-ethyl adjacent to an activating group) is 1. The third kappa shape index (κ3) is 4.65. The second kappa shape index (κ2) is 6.65. The van der Waals surface area contributed by atoms with Gasteiger partial charge in [0.1, 0.15) is 0 Å². The fourth-order valence-electron chi connectivity index (χ4n) is 1.39. The fourth-order valence-corrected chi connectivity index (χ4v) is 1.39. The van der Waals surface area contributed by atoms with E-state index in [0.29, 0.717) is 6.54 Å². The van der Waals surface area contributed by atoms with Gasteiger partial charge >= 0.3 is 0 Å². The number of hydrogen-bond donors (Lipinski definition) is 3. The lowest BCUT2D eigenvalue weighted by atomic mass is 10.1. The third-order valence-corrected chi connectivity index (χ3v) is 2.21. The van der Waals surface area contributed by atoms with Crippen molar-refractivity contribution < 1.29 is 9.59 Å². The molecule has 0 radical (unpaired) electrons. The number of nitrogens with one attached hydrogen (secondary N) is 3. The van der Waals surface area contributed by atoms with E-state index in [9.17, 15) is 9.59 Å². The summed E-state index contributed by atoms with van der Waals surface area (Å²) in [4.78, 5) is 22.0. The van der Waals surface area contributed by atoms with Crippen LogP contribution in [0.3, 0.4) is 0 Å². The van der Waals surface area contributed by atoms with Crippen LogP contribution in [0.5, 0.6) is 0 Å². The lowest BCUT2D eigenvalue weighted by molar-refractivity contribution is -0.119. The second-order valence-corrected chi connectivity index (χ2v) is 3.62. The van der Waals surface area contributed by atoms with Gasteiger partial charge in [0, 0.05) is 26.2 Å². The van der Waals surface area contributed by atoms with Crippen molar-refractivity contribution in [1.82, 2.24) is 10.6 Å². The molecule has 5 nitrogen and oxygen atoms in total. The average Bonchev–Trinajstić information content (AvgIpc) is 2.30. The Balaban J connectivity index is 2.57. The molecular formula is C12H17N3O2. The molecule has 5 heteroatoms. The zero-order chi connectivity index (χ0) is 12.7. The van der Waals surface area contributed by atoms with E-state index in [-0.39, 0.29) is 18.4 Å². The molecule has 0 aliphatic carbocycles. The molecule has 0 fully saturated rings. The Labute approximate surface area is 101 Å². The normalized spacial score (nSPS) is 9.76. The third-order valence-electron chi connectivity index (χ3n) is 2.21. The average molecular weight is 235 g/mol. The first kappa shape index (κ1) is 13.2. The van der Waals surface area contributed by atoms with E-state index in [1.165, 1.54) is 6.92 Å². The molecule has 0 aliphatic rings. The molecule has 1 aromatic carbocycles. The molecule has 0 saturated carbocycles. The summed E-state index contributed by atoms with van der Waals surface area (Å²) >= 11 is 0. The van der Waals surface area contributed by atoms with Crippen LogP contribution in [0, 0.1) is 0 Å². The lowest BCUT2D eigenvalue weighted by Crippen LogP contribution is -2.31. The van der Waals surface area contributed by atoms with Crippen LogP contribution in [0.2, 0.25) is 0 Å². The first-order valence-corrected chi connectivity index (χ1v) is 5.40. The van der Waals surface area contributed by atoms with E-state index >= 15 is 0 Å². The largest absolute Gasteiger partial charge is 0.358 e. The van der Waals surface area contributed by atoms with Crippen LogP contribution in [-0.2, 0) is 16.1 Å². The summed E-state index contributed by atoms with van der Waals surface area (Å²) in [5.41, 5.74) is 1.72. The van der Waals surface area contributed by atoms with Crippen LogP contribution in [0.1, 0.15) is 12.5 Å². The van der Waals surface area contributed by atoms with Crippen LogP contribution in [-0.4, -0.2) is 25.4 Å². The SMILES string of the molecule is CNC(=O)CNCc1ccccc1NC(C)=O. The number of carbonyl (C=O) groups is 2. The summed E-state index contributed by atoms with van der Waals surface area (Å²) < 4.78 is 0. The van der Waals surface area contributed by atoms with Gasteiger partial charge in [0.2, 0.25) is 11.8 Å². The molecule has 1 rings (SSSR count). The van der Waals surface area contributed by atoms with Crippen molar-refractivity contribution in [2.24, 2.45) is 0 Å². The molecule has 92 valence electrons. The molecular weight excluding hydrogens is 218 g/mol. The maximum atomic E-state index is 11.0. The van der Waals surface area contributed by atoms with E-state index in [1.54, 1.807) is 7.05 Å². The molecule has 0 atom stereocenters. The number of rotatable bonds is 5. The Morgan fingerprint density at radius 2 is 1.94 bits per heavy atom. The van der Waals surface area contributed by atoms with Crippen molar-refractivity contribution in [2.75, 3.05) is 18.9 Å². The minimum atomic E-state index is -0.108. The van der Waals surface area contributed by atoms with Crippen molar-refractivity contribution in [3.05, 3.63) is 29.8 Å². The minimum absolute atomic E-state index is 0.0676. The number of para-hydroxylation sites is 1. The van der Waals surface area contributed by atoms with E-state index in [2.05, 4.69) is 16.0 Å². The molecule has 0 spiro atoms. The minimum Gasteiger partial charge on any atom is -0.358 e. The van der Waals surface area contributed by atoms with Gasteiger partial charge in [-0.05, 0) is 11.6 Å². The van der Waals surface area contributed by atoms with Crippen LogP contribution in [0.4, 0.5) is 5.69 Å². The van der Waals surface area contributed by atoms with Crippen molar-refractivity contribution in [3.8, 4) is 0 Å². The van der Waals surface area contributed by atoms with Crippen molar-refractivity contribution in [2.45, 2.75) is 13.5 Å². The van der Waals surface area contributed by atoms with Gasteiger partial charge in [-0.3, -0.25) is 9.59 Å². The predicted octanol–water partition coefficient (Wildman–Crippen LogP) is 0.481. The monoisotopic (exact) mass is 235 g/mol. The molecule has 0 heterocycles. The molecule has 0 bridgehead atoms. The van der Waals surface area contributed by atoms with Crippen molar-refractivity contribution >= 4 is 17.5 Å². The van der Waals surface area contributed by atoms with Gasteiger partial charge in [0.15, 0.2) is 0 Å². The zero-order valence-corrected chi connectivity index (χ0v) is 10.0. The number of anilines is 1. The smallest absolute Gasteiger partial charge is 0.233 e. The maximum Gasteiger partial charge on any atom is 0.233 e. The number of carbonyl (C=O) groups excluding carboxylic acids is 2. The van der Waals surface area contributed by atoms with Crippen LogP contribution in [0.15, 0.2) is 24.3 Å². The molecule has 17 heavy (non-hydrogen) atoms. The Morgan fingerprint density at radius 3 is 2.59 bits per heavy atom. The zero-order valence-electron chi connectivity index (χ0n) is 10.0. The maximum absolute atomic E-state index is 11.0. The Bertz CT molecular complexity index is 404. The lowest BCUT2D eigenvalue weighted by Gasteiger charge is -2.10. The first-order valence-electron chi connectivity index (χ1n) is 5.40. The van der Waals surface area contributed by atoms with Crippen LogP contribution < -0.4 is 16.0 Å². The predicted molar refractivity (Wildman–Crippen MR) is 66.5 cm³/mol. The summed E-state index contributed by atoms with van der Waals surface area (Å²) in [5, 5.41) is 8.28. The summed E-state index contributed by atoms with van der Waals surface area (Å²) in [7, 11) is 1.59. The Hall–Kier alpha value is -1.88. The Morgan fingerprint density at radius 1 is 1.24 bits per heavy atom. The van der Waals surface area contributed by atoms with Crippen LogP contribution in [0.25, 0.3) is 0 Å². The quantitative estimate of drug-likeness (QED) is 0.695. The Kier molecular flexibility index (Phi) is 5.16. The van der Waals surface area contributed by atoms with Gasteiger partial charge in [-0.25, -0.2) is 0 Å². The topological polar surface area (TPSA) is 70.2 Å². The van der Waals surface area contributed by atoms with Gasteiger partial charge in [-0.1, -0.05) is 18.2 Å². The van der Waals surface area contributed by atoms with Crippen molar-refractivity contribution in [3.63, 3.8) is 0 Å². The van der Waals surface area contributed by atoms with Gasteiger partial charge in [-0.2, -0.15) is 0 Å². The molecule has 1 aromatic rings. The molecule has 2 amide bonds. The highest BCUT2D eigenvalue weighted by atomic mass is 16.2. The second-order valence-electron chi connectivity index (χ2n) is 3.62. The fraction of sp³-hybridized carbons (Fsp3) is 0.333. The summed E-state index contributed by atoms with van der Waals surface area (Å²) in [5.74, 6) is -0.175. The number of benzene rings is 1. The number of amides is 2. The van der Waals surface area contributed by atoms with E-state index in [0.717, 1.165) is 11.3 Å². The van der Waals surface area contributed by atoms with E-state index in [4.69, 9.17) is 0 Å². The first-order chi connectivity index (χ1) is 8.13. The molecule has 0 aromatic heterocycles. The van der Waals surface area contributed by atoms with Gasteiger partial charge < -0.3 is 16.0 Å². The van der Waals surface area contributed by atoms with Crippen molar-refractivity contribution in [1.29, 1.82) is 0 Å². The molecule has 3 N–H and O–H groups in total. The molecule has 0 saturated heterocycles. The van der Waals surface area contributed by atoms with Gasteiger partial charge in [0.05, 0.1) is 6.54 Å². The standard InChI is InChI=1S/C12H17N3O2/c1-9(16)15-11-6-4-3-5-10(11)7-14-8-12(17)13-2/h3-6,14H,7-8H2,1-2H3,(H,13,17)(H,15,16). The van der Waals surface area contributed by atoms with E-state index < -0.39 is 0 Å². The molecule has 0 aliphatic heterocycles. The highest BCUT2D eigenvalue weighted by molar-refractivity contribution is 5.89. The summed E-state index contributed by atoms with van der Waals surface area (Å²) in [6.07, 6.45) is 0. The van der Waals surface area contributed by atoms with Gasteiger partial charge in [0.25, 0.3) is 0 Å². The summed E-state index contributed by atoms with van der Waals surface area (Å²) in [6.45, 7) is 2.25.